The number of hydrogen-bond donors (Lipinski definition) is 0. The molecule has 0 aromatic carbocycles. The average molecular weight is 204 g/mol. The highest BCUT2D eigenvalue weighted by Gasteiger charge is 2.26. The van der Waals surface area contributed by atoms with E-state index in [9.17, 15) is 0 Å². The van der Waals surface area contributed by atoms with Crippen LogP contribution in [-0.2, 0) is 0 Å². The van der Waals surface area contributed by atoms with Crippen LogP contribution in [0.4, 0.5) is 0 Å². The van der Waals surface area contributed by atoms with Crippen molar-refractivity contribution in [2.24, 2.45) is 0 Å². The molecule has 0 aromatic heterocycles. The largest absolute Gasteiger partial charge is 0.355 e. The second-order valence-corrected chi connectivity index (χ2v) is 4.57. The van der Waals surface area contributed by atoms with E-state index in [0.29, 0.717) is 6.17 Å². The Kier molecular flexibility index (Phi) is 2.96. The maximum atomic E-state index is 4.09. The van der Waals surface area contributed by atoms with Gasteiger partial charge in [-0.05, 0) is 45.0 Å². The summed E-state index contributed by atoms with van der Waals surface area (Å²) in [4.78, 5) is 4.80. The molecule has 1 atom stereocenters. The van der Waals surface area contributed by atoms with Gasteiger partial charge in [-0.2, -0.15) is 0 Å². The van der Waals surface area contributed by atoms with E-state index in [1.165, 1.54) is 25.0 Å². The molecule has 0 bridgehead atoms. The molecule has 0 spiro atoms. The predicted molar refractivity (Wildman–Crippen MR) is 64.4 cm³/mol. The van der Waals surface area contributed by atoms with Crippen LogP contribution in [0.15, 0.2) is 36.1 Å². The molecular weight excluding hydrogens is 184 g/mol. The first-order valence-corrected chi connectivity index (χ1v) is 5.71. The van der Waals surface area contributed by atoms with Crippen molar-refractivity contribution < 1.29 is 0 Å². The Morgan fingerprint density at radius 2 is 2.20 bits per heavy atom. The van der Waals surface area contributed by atoms with Gasteiger partial charge < -0.3 is 4.90 Å². The summed E-state index contributed by atoms with van der Waals surface area (Å²) in [5.41, 5.74) is 2.47. The van der Waals surface area contributed by atoms with Gasteiger partial charge in [0.15, 0.2) is 0 Å². The highest BCUT2D eigenvalue weighted by molar-refractivity contribution is 5.45. The first-order chi connectivity index (χ1) is 7.20. The maximum Gasteiger partial charge on any atom is 0.0815 e. The Labute approximate surface area is 92.6 Å². The number of likely N-dealkylation sites (tertiary alicyclic amines) is 1. The molecule has 1 aliphatic heterocycles. The molecule has 82 valence electrons. The number of hydrogen-bond acceptors (Lipinski definition) is 2. The Morgan fingerprint density at radius 1 is 1.40 bits per heavy atom. The quantitative estimate of drug-likeness (QED) is 0.681. The van der Waals surface area contributed by atoms with Crippen molar-refractivity contribution in [3.05, 3.63) is 36.1 Å². The molecule has 1 saturated heterocycles. The van der Waals surface area contributed by atoms with Crippen molar-refractivity contribution in [2.75, 3.05) is 20.6 Å². The van der Waals surface area contributed by atoms with E-state index in [4.69, 9.17) is 0 Å². The molecule has 1 unspecified atom stereocenters. The van der Waals surface area contributed by atoms with Gasteiger partial charge in [0.2, 0.25) is 0 Å². The van der Waals surface area contributed by atoms with Gasteiger partial charge in [0.25, 0.3) is 0 Å². The molecule has 0 amide bonds. The molecule has 1 heterocycles. The fourth-order valence-electron chi connectivity index (χ4n) is 2.46. The van der Waals surface area contributed by atoms with Gasteiger partial charge in [-0.3, -0.25) is 4.90 Å². The van der Waals surface area contributed by atoms with Gasteiger partial charge in [0.1, 0.15) is 0 Å². The third-order valence-electron chi connectivity index (χ3n) is 3.26. The molecule has 0 N–H and O–H groups in total. The fourth-order valence-corrected chi connectivity index (χ4v) is 2.46. The van der Waals surface area contributed by atoms with E-state index in [1.54, 1.807) is 0 Å². The highest BCUT2D eigenvalue weighted by Crippen LogP contribution is 2.28. The van der Waals surface area contributed by atoms with Crippen LogP contribution in [0, 0.1) is 0 Å². The fraction of sp³-hybridized carbons (Fsp3) is 0.538. The lowest BCUT2D eigenvalue weighted by Gasteiger charge is -2.42. The number of allylic oxidation sites excluding steroid dienone is 3. The molecule has 0 radical (unpaired) electrons. The van der Waals surface area contributed by atoms with Gasteiger partial charge in [-0.15, -0.1) is 0 Å². The van der Waals surface area contributed by atoms with Crippen LogP contribution in [0.1, 0.15) is 19.3 Å². The third-order valence-corrected chi connectivity index (χ3v) is 3.26. The zero-order chi connectivity index (χ0) is 10.8. The number of rotatable bonds is 2. The third kappa shape index (κ3) is 2.00. The van der Waals surface area contributed by atoms with Crippen LogP contribution in [0.2, 0.25) is 0 Å². The van der Waals surface area contributed by atoms with Gasteiger partial charge >= 0.3 is 0 Å². The molecule has 1 fully saturated rings. The minimum Gasteiger partial charge on any atom is -0.355 e. The summed E-state index contributed by atoms with van der Waals surface area (Å²) in [6.07, 6.45) is 10.8. The SMILES string of the molecule is C=C1C=CC=C1N1CCCCC1N(C)C. The summed E-state index contributed by atoms with van der Waals surface area (Å²) < 4.78 is 0. The smallest absolute Gasteiger partial charge is 0.0815 e. The van der Waals surface area contributed by atoms with Crippen LogP contribution in [0.5, 0.6) is 0 Å². The summed E-state index contributed by atoms with van der Waals surface area (Å²) in [6, 6.07) is 0. The van der Waals surface area contributed by atoms with Gasteiger partial charge in [-0.25, -0.2) is 0 Å². The van der Waals surface area contributed by atoms with E-state index in [0.717, 1.165) is 12.1 Å². The molecule has 0 aromatic rings. The number of piperidine rings is 1. The van der Waals surface area contributed by atoms with Gasteiger partial charge in [-0.1, -0.05) is 18.7 Å². The summed E-state index contributed by atoms with van der Waals surface area (Å²) >= 11 is 0. The Bertz CT molecular complexity index is 312. The second-order valence-electron chi connectivity index (χ2n) is 4.57. The highest BCUT2D eigenvalue weighted by atomic mass is 15.3. The van der Waals surface area contributed by atoms with E-state index in [-0.39, 0.29) is 0 Å². The van der Waals surface area contributed by atoms with E-state index < -0.39 is 0 Å². The lowest BCUT2D eigenvalue weighted by atomic mass is 10.0. The first-order valence-electron chi connectivity index (χ1n) is 5.71. The normalized spacial score (nSPS) is 26.3. The van der Waals surface area contributed by atoms with Crippen LogP contribution in [0.25, 0.3) is 0 Å². The number of nitrogens with zero attached hydrogens (tertiary/aromatic N) is 2. The standard InChI is InChI=1S/C13H20N2/c1-11-7-6-8-12(11)15-10-5-4-9-13(15)14(2)3/h6-8,13H,1,4-5,9-10H2,2-3H3. The molecular formula is C13H20N2. The lowest BCUT2D eigenvalue weighted by molar-refractivity contribution is 0.0778. The zero-order valence-corrected chi connectivity index (χ0v) is 9.74. The van der Waals surface area contributed by atoms with Crippen molar-refractivity contribution in [3.63, 3.8) is 0 Å². The summed E-state index contributed by atoms with van der Waals surface area (Å²) in [5.74, 6) is 0. The molecule has 2 aliphatic rings. The first kappa shape index (κ1) is 10.5. The van der Waals surface area contributed by atoms with Gasteiger partial charge in [0, 0.05) is 12.2 Å². The van der Waals surface area contributed by atoms with Crippen molar-refractivity contribution in [3.8, 4) is 0 Å². The zero-order valence-electron chi connectivity index (χ0n) is 9.74. The predicted octanol–water partition coefficient (Wildman–Crippen LogP) is 2.37. The monoisotopic (exact) mass is 204 g/mol. The van der Waals surface area contributed by atoms with Crippen LogP contribution in [0.3, 0.4) is 0 Å². The molecule has 15 heavy (non-hydrogen) atoms. The maximum absolute atomic E-state index is 4.09. The molecule has 2 heteroatoms. The van der Waals surface area contributed by atoms with Crippen LogP contribution < -0.4 is 0 Å². The summed E-state index contributed by atoms with van der Waals surface area (Å²) in [6.45, 7) is 5.25. The van der Waals surface area contributed by atoms with E-state index in [2.05, 4.69) is 48.7 Å². The molecule has 1 aliphatic carbocycles. The van der Waals surface area contributed by atoms with Crippen molar-refractivity contribution in [2.45, 2.75) is 25.4 Å². The molecule has 2 rings (SSSR count). The lowest BCUT2D eigenvalue weighted by Crippen LogP contribution is -2.47. The Hall–Kier alpha value is -1.02. The second kappa shape index (κ2) is 4.23. The van der Waals surface area contributed by atoms with Crippen LogP contribution >= 0.6 is 0 Å². The van der Waals surface area contributed by atoms with E-state index in [1.807, 2.05) is 0 Å². The molecule has 0 saturated carbocycles. The summed E-state index contributed by atoms with van der Waals surface area (Å²) in [7, 11) is 4.32. The van der Waals surface area contributed by atoms with E-state index >= 15 is 0 Å². The van der Waals surface area contributed by atoms with Crippen molar-refractivity contribution in [1.29, 1.82) is 0 Å². The van der Waals surface area contributed by atoms with Gasteiger partial charge in [0.05, 0.1) is 6.17 Å². The van der Waals surface area contributed by atoms with Crippen molar-refractivity contribution >= 4 is 0 Å². The minimum absolute atomic E-state index is 0.543. The minimum atomic E-state index is 0.543. The van der Waals surface area contributed by atoms with Crippen molar-refractivity contribution in [1.82, 2.24) is 9.80 Å². The topological polar surface area (TPSA) is 6.48 Å². The van der Waals surface area contributed by atoms with Crippen LogP contribution in [-0.4, -0.2) is 36.6 Å². The average Bonchev–Trinajstić information content (AvgIpc) is 2.64. The summed E-state index contributed by atoms with van der Waals surface area (Å²) in [5, 5.41) is 0. The molecule has 2 nitrogen and oxygen atoms in total. The Morgan fingerprint density at radius 3 is 2.80 bits per heavy atom. The Balaban J connectivity index is 2.15.